The first-order valence-electron chi connectivity index (χ1n) is 7.87. The number of halogens is 2. The van der Waals surface area contributed by atoms with Crippen LogP contribution in [0.25, 0.3) is 0 Å². The standard InChI is InChI=1S/C17H24BrClO4/c1-22-5-2-6-23-16-7-13(14(18)8-15(16)19)12-3-4-17(9-12,10-20)11-21/h7-8,12,20-21H,2-6,9-11H2,1H3/t12-/m0/s1. The van der Waals surface area contributed by atoms with Crippen LogP contribution < -0.4 is 4.74 Å². The Kier molecular flexibility index (Phi) is 7.17. The van der Waals surface area contributed by atoms with Gasteiger partial charge in [-0.05, 0) is 42.9 Å². The van der Waals surface area contributed by atoms with Crippen molar-refractivity contribution < 1.29 is 19.7 Å². The van der Waals surface area contributed by atoms with Gasteiger partial charge in [-0.15, -0.1) is 0 Å². The maximum absolute atomic E-state index is 9.59. The second-order valence-electron chi connectivity index (χ2n) is 6.25. The average molecular weight is 408 g/mol. The first-order valence-corrected chi connectivity index (χ1v) is 9.05. The van der Waals surface area contributed by atoms with Crippen LogP contribution in [-0.2, 0) is 4.74 Å². The molecule has 0 amide bonds. The molecular weight excluding hydrogens is 384 g/mol. The molecule has 0 unspecified atom stereocenters. The van der Waals surface area contributed by atoms with Gasteiger partial charge in [-0.2, -0.15) is 0 Å². The van der Waals surface area contributed by atoms with Crippen LogP contribution in [0.15, 0.2) is 16.6 Å². The van der Waals surface area contributed by atoms with Crippen molar-refractivity contribution >= 4 is 27.5 Å². The lowest BCUT2D eigenvalue weighted by Crippen LogP contribution is -2.26. The van der Waals surface area contributed by atoms with Gasteiger partial charge in [-0.3, -0.25) is 0 Å². The van der Waals surface area contributed by atoms with Crippen LogP contribution in [0.1, 0.15) is 37.2 Å². The van der Waals surface area contributed by atoms with Crippen LogP contribution in [0.4, 0.5) is 0 Å². The third-order valence-corrected chi connectivity index (χ3v) is 5.60. The molecule has 0 spiro atoms. The number of hydrogen-bond donors (Lipinski definition) is 2. The van der Waals surface area contributed by atoms with Crippen molar-refractivity contribution in [3.63, 3.8) is 0 Å². The Bertz CT molecular complexity index is 520. The summed E-state index contributed by atoms with van der Waals surface area (Å²) in [5, 5.41) is 19.7. The molecule has 1 atom stereocenters. The quantitative estimate of drug-likeness (QED) is 0.644. The van der Waals surface area contributed by atoms with E-state index in [0.29, 0.717) is 24.0 Å². The van der Waals surface area contributed by atoms with Gasteiger partial charge in [0, 0.05) is 30.0 Å². The van der Waals surface area contributed by atoms with E-state index in [9.17, 15) is 10.2 Å². The number of aliphatic hydroxyl groups excluding tert-OH is 2. The van der Waals surface area contributed by atoms with E-state index < -0.39 is 0 Å². The first-order chi connectivity index (χ1) is 11.0. The summed E-state index contributed by atoms with van der Waals surface area (Å²) in [6.07, 6.45) is 3.33. The second kappa shape index (κ2) is 8.67. The minimum atomic E-state index is -0.372. The van der Waals surface area contributed by atoms with Gasteiger partial charge in [-0.25, -0.2) is 0 Å². The van der Waals surface area contributed by atoms with E-state index in [1.54, 1.807) is 7.11 Å². The van der Waals surface area contributed by atoms with E-state index in [4.69, 9.17) is 21.1 Å². The Morgan fingerprint density at radius 2 is 2.04 bits per heavy atom. The zero-order valence-corrected chi connectivity index (χ0v) is 15.7. The van der Waals surface area contributed by atoms with Crippen LogP contribution in [0.5, 0.6) is 5.75 Å². The van der Waals surface area contributed by atoms with Gasteiger partial charge < -0.3 is 19.7 Å². The summed E-state index contributed by atoms with van der Waals surface area (Å²) in [4.78, 5) is 0. The molecule has 1 aromatic rings. The molecule has 0 bridgehead atoms. The van der Waals surface area contributed by atoms with Gasteiger partial charge in [0.15, 0.2) is 0 Å². The largest absolute Gasteiger partial charge is 0.492 e. The fraction of sp³-hybridized carbons (Fsp3) is 0.647. The summed E-state index contributed by atoms with van der Waals surface area (Å²) in [6.45, 7) is 1.24. The molecule has 0 aromatic heterocycles. The van der Waals surface area contributed by atoms with Crippen molar-refractivity contribution in [3.05, 3.63) is 27.2 Å². The molecule has 0 saturated heterocycles. The number of ether oxygens (including phenoxy) is 2. The second-order valence-corrected chi connectivity index (χ2v) is 7.52. The van der Waals surface area contributed by atoms with E-state index in [1.165, 1.54) is 0 Å². The molecule has 1 saturated carbocycles. The minimum absolute atomic E-state index is 0.0194. The lowest BCUT2D eigenvalue weighted by molar-refractivity contribution is 0.0593. The fourth-order valence-electron chi connectivity index (χ4n) is 3.16. The van der Waals surface area contributed by atoms with Crippen LogP contribution in [0, 0.1) is 5.41 Å². The molecule has 1 aliphatic carbocycles. The highest BCUT2D eigenvalue weighted by atomic mass is 79.9. The monoisotopic (exact) mass is 406 g/mol. The van der Waals surface area contributed by atoms with E-state index in [1.807, 2.05) is 12.1 Å². The average Bonchev–Trinajstić information content (AvgIpc) is 2.98. The molecule has 23 heavy (non-hydrogen) atoms. The Hall–Kier alpha value is -0.330. The van der Waals surface area contributed by atoms with Crippen LogP contribution in [0.2, 0.25) is 5.02 Å². The maximum Gasteiger partial charge on any atom is 0.138 e. The van der Waals surface area contributed by atoms with Crippen molar-refractivity contribution in [2.45, 2.75) is 31.6 Å². The smallest absolute Gasteiger partial charge is 0.138 e. The summed E-state index contributed by atoms with van der Waals surface area (Å²) in [5.41, 5.74) is 0.753. The molecule has 1 aliphatic rings. The van der Waals surface area contributed by atoms with Crippen molar-refractivity contribution in [1.82, 2.24) is 0 Å². The number of aliphatic hydroxyl groups is 2. The molecule has 130 valence electrons. The van der Waals surface area contributed by atoms with Gasteiger partial charge in [0.1, 0.15) is 5.75 Å². The molecule has 1 aromatic carbocycles. The topological polar surface area (TPSA) is 58.9 Å². The lowest BCUT2D eigenvalue weighted by atomic mass is 9.86. The summed E-state index contributed by atoms with van der Waals surface area (Å²) in [7, 11) is 1.67. The van der Waals surface area contributed by atoms with Gasteiger partial charge in [0.2, 0.25) is 0 Å². The van der Waals surface area contributed by atoms with Crippen LogP contribution >= 0.6 is 27.5 Å². The third kappa shape index (κ3) is 4.60. The van der Waals surface area contributed by atoms with Crippen molar-refractivity contribution in [1.29, 1.82) is 0 Å². The van der Waals surface area contributed by atoms with Gasteiger partial charge in [0.25, 0.3) is 0 Å². The molecule has 0 heterocycles. The molecular formula is C17H24BrClO4. The Balaban J connectivity index is 2.13. The summed E-state index contributed by atoms with van der Waals surface area (Å²) in [5.74, 6) is 0.953. The summed E-state index contributed by atoms with van der Waals surface area (Å²) < 4.78 is 11.7. The van der Waals surface area contributed by atoms with Crippen LogP contribution in [-0.4, -0.2) is 43.8 Å². The van der Waals surface area contributed by atoms with Gasteiger partial charge >= 0.3 is 0 Å². The molecule has 0 radical (unpaired) electrons. The molecule has 6 heteroatoms. The minimum Gasteiger partial charge on any atom is -0.492 e. The Labute approximate surface area is 150 Å². The van der Waals surface area contributed by atoms with Crippen molar-refractivity contribution in [3.8, 4) is 5.75 Å². The number of methoxy groups -OCH3 is 1. The SMILES string of the molecule is COCCCOc1cc([C@H]2CCC(CO)(CO)C2)c(Br)cc1Cl. The first kappa shape index (κ1) is 19.0. The van der Waals surface area contributed by atoms with Gasteiger partial charge in [-0.1, -0.05) is 27.5 Å². The van der Waals surface area contributed by atoms with Gasteiger partial charge in [0.05, 0.1) is 24.8 Å². The molecule has 0 aliphatic heterocycles. The van der Waals surface area contributed by atoms with Crippen molar-refractivity contribution in [2.75, 3.05) is 33.5 Å². The molecule has 4 nitrogen and oxygen atoms in total. The Morgan fingerprint density at radius 1 is 1.30 bits per heavy atom. The molecule has 1 fully saturated rings. The highest BCUT2D eigenvalue weighted by Crippen LogP contribution is 2.49. The predicted molar refractivity (Wildman–Crippen MR) is 94.3 cm³/mol. The lowest BCUT2D eigenvalue weighted by Gasteiger charge is -2.24. The fourth-order valence-corrected chi connectivity index (χ4v) is 4.18. The maximum atomic E-state index is 9.59. The van der Waals surface area contributed by atoms with Crippen LogP contribution in [0.3, 0.4) is 0 Å². The predicted octanol–water partition coefficient (Wildman–Crippen LogP) is 3.76. The van der Waals surface area contributed by atoms with E-state index in [2.05, 4.69) is 15.9 Å². The zero-order valence-electron chi connectivity index (χ0n) is 13.4. The third-order valence-electron chi connectivity index (χ3n) is 4.61. The zero-order chi connectivity index (χ0) is 16.9. The Morgan fingerprint density at radius 3 is 2.65 bits per heavy atom. The van der Waals surface area contributed by atoms with Crippen molar-refractivity contribution in [2.24, 2.45) is 5.41 Å². The van der Waals surface area contributed by atoms with E-state index in [-0.39, 0.29) is 24.5 Å². The highest BCUT2D eigenvalue weighted by molar-refractivity contribution is 9.10. The highest BCUT2D eigenvalue weighted by Gasteiger charge is 2.39. The van der Waals surface area contributed by atoms with E-state index >= 15 is 0 Å². The normalized spacial score (nSPS) is 20.0. The number of rotatable bonds is 8. The van der Waals surface area contributed by atoms with E-state index in [0.717, 1.165) is 35.7 Å². The summed E-state index contributed by atoms with van der Waals surface area (Å²) in [6, 6.07) is 3.84. The number of hydrogen-bond acceptors (Lipinski definition) is 4. The molecule has 2 N–H and O–H groups in total. The number of benzene rings is 1. The molecule has 2 rings (SSSR count). The summed E-state index contributed by atoms with van der Waals surface area (Å²) >= 11 is 9.85.